The van der Waals surface area contributed by atoms with Gasteiger partial charge in [-0.1, -0.05) is 67.7 Å². The van der Waals surface area contributed by atoms with Crippen molar-refractivity contribution in [2.75, 3.05) is 0 Å². The van der Waals surface area contributed by atoms with Gasteiger partial charge < -0.3 is 0 Å². The summed E-state index contributed by atoms with van der Waals surface area (Å²) in [4.78, 5) is 4.32. The Balaban J connectivity index is 0.000000271. The molecule has 0 spiro atoms. The van der Waals surface area contributed by atoms with Crippen LogP contribution in [-0.4, -0.2) is 16.5 Å². The molecule has 1 nitrogen and oxygen atoms in total. The molecule has 0 aromatic heterocycles. The van der Waals surface area contributed by atoms with E-state index in [1.54, 1.807) is 5.66 Å². The van der Waals surface area contributed by atoms with Gasteiger partial charge in [0.2, 0.25) is 0 Å². The van der Waals surface area contributed by atoms with Crippen molar-refractivity contribution in [3.05, 3.63) is 93.3 Å². The zero-order chi connectivity index (χ0) is 19.9. The van der Waals surface area contributed by atoms with E-state index < -0.39 is 0 Å². The van der Waals surface area contributed by atoms with Crippen LogP contribution < -0.4 is 0 Å². The number of nitrogens with zero attached hydrogens (tertiary/aromatic N) is 1. The molecule has 1 aromatic rings. The third-order valence-electron chi connectivity index (χ3n) is 4.05. The van der Waals surface area contributed by atoms with Crippen molar-refractivity contribution < 1.29 is 17.1 Å². The van der Waals surface area contributed by atoms with Gasteiger partial charge in [0, 0.05) is 17.8 Å². The average molecular weight is 433 g/mol. The molecule has 2 fully saturated rings. The number of aliphatic imine (C=N–C) groups is 1. The minimum absolute atomic E-state index is 0. The fraction of sp³-hybridized carbons (Fsp3) is 0.320. The summed E-state index contributed by atoms with van der Waals surface area (Å²) >= 11 is 0. The van der Waals surface area contributed by atoms with Gasteiger partial charge in [0.15, 0.2) is 0 Å². The number of hydrogen-bond acceptors (Lipinski definition) is 1. The van der Waals surface area contributed by atoms with Crippen molar-refractivity contribution in [1.82, 2.24) is 0 Å². The van der Waals surface area contributed by atoms with E-state index in [-0.39, 0.29) is 25.0 Å². The topological polar surface area (TPSA) is 12.4 Å². The van der Waals surface area contributed by atoms with Gasteiger partial charge in [-0.05, 0) is 73.8 Å². The minimum Gasteiger partial charge on any atom is -0.261 e. The largest absolute Gasteiger partial charge is 2.00 e. The van der Waals surface area contributed by atoms with Crippen molar-refractivity contribution in [3.8, 4) is 0 Å². The van der Waals surface area contributed by atoms with E-state index in [1.165, 1.54) is 0 Å². The Morgan fingerprint density at radius 1 is 0.714 bits per heavy atom. The van der Waals surface area contributed by atoms with Gasteiger partial charge in [-0.3, -0.25) is 4.99 Å². The van der Waals surface area contributed by atoms with Crippen LogP contribution in [0, 0.1) is 62.9 Å². The Bertz CT molecular complexity index is 544. The second-order valence-corrected chi connectivity index (χ2v) is 12.5. The summed E-state index contributed by atoms with van der Waals surface area (Å²) < 4.78 is 0. The van der Waals surface area contributed by atoms with Crippen molar-refractivity contribution in [2.24, 2.45) is 4.99 Å². The van der Waals surface area contributed by atoms with E-state index in [0.717, 1.165) is 11.6 Å². The quantitative estimate of drug-likeness (QED) is 0.271. The van der Waals surface area contributed by atoms with E-state index in [1.807, 2.05) is 62.2 Å². The molecule has 3 rings (SSSR count). The molecule has 28 heavy (non-hydrogen) atoms. The smallest absolute Gasteiger partial charge is 0.261 e. The molecule has 0 saturated heterocycles. The van der Waals surface area contributed by atoms with Crippen LogP contribution in [0.15, 0.2) is 35.3 Å². The Kier molecular flexibility index (Phi) is 11.0. The van der Waals surface area contributed by atoms with Crippen LogP contribution in [0.3, 0.4) is 0 Å². The van der Waals surface area contributed by atoms with E-state index in [4.69, 9.17) is 0 Å². The SMILES string of the molecule is CC(C)(C)P([C]1[CH][CH][CH][CH]1)C(C)(C)C.[CH]1[CH][CH][C](C=Nc2ccccc2)[CH]1.[Fe+2]. The van der Waals surface area contributed by atoms with Gasteiger partial charge in [0.1, 0.15) is 0 Å². The van der Waals surface area contributed by atoms with Gasteiger partial charge in [-0.15, -0.1) is 0 Å². The molecular weight excluding hydrogens is 401 g/mol. The van der Waals surface area contributed by atoms with E-state index in [0.29, 0.717) is 10.3 Å². The molecule has 2 aliphatic carbocycles. The molecule has 2 saturated carbocycles. The first-order chi connectivity index (χ1) is 12.7. The van der Waals surface area contributed by atoms with Crippen LogP contribution in [0.1, 0.15) is 41.5 Å². The van der Waals surface area contributed by atoms with Gasteiger partial charge >= 0.3 is 17.1 Å². The van der Waals surface area contributed by atoms with E-state index >= 15 is 0 Å². The predicted octanol–water partition coefficient (Wildman–Crippen LogP) is 7.22. The Labute approximate surface area is 186 Å². The summed E-state index contributed by atoms with van der Waals surface area (Å²) in [5.41, 5.74) is 2.53. The molecule has 10 radical (unpaired) electrons. The molecule has 0 bridgehead atoms. The normalized spacial score (nSPS) is 19.0. The predicted molar refractivity (Wildman–Crippen MR) is 122 cm³/mol. The van der Waals surface area contributed by atoms with Crippen LogP contribution in [0.25, 0.3) is 0 Å². The zero-order valence-corrected chi connectivity index (χ0v) is 19.8. The number of rotatable bonds is 3. The molecule has 0 amide bonds. The number of para-hydroxylation sites is 1. The van der Waals surface area contributed by atoms with Gasteiger partial charge in [0.05, 0.1) is 5.69 Å². The van der Waals surface area contributed by atoms with E-state index in [2.05, 4.69) is 72.2 Å². The molecule has 0 unspecified atom stereocenters. The maximum atomic E-state index is 4.32. The molecule has 0 atom stereocenters. The van der Waals surface area contributed by atoms with Crippen molar-refractivity contribution in [3.63, 3.8) is 0 Å². The Morgan fingerprint density at radius 3 is 1.64 bits per heavy atom. The van der Waals surface area contributed by atoms with E-state index in [9.17, 15) is 0 Å². The summed E-state index contributed by atoms with van der Waals surface area (Å²) in [7, 11) is -0.101. The standard InChI is InChI=1S/C13H22P.C12H10N.Fe/c1-12(2,3)14(13(4,5)6)11-9-7-8-10-11;1-2-8-12(9-3-1)13-10-11-6-4-5-7-11;/h7-10H,1-6H3;1-10H;/q;;+2. The fourth-order valence-corrected chi connectivity index (χ4v) is 7.46. The van der Waals surface area contributed by atoms with Crippen molar-refractivity contribution in [1.29, 1.82) is 0 Å². The first-order valence-corrected chi connectivity index (χ1v) is 10.8. The van der Waals surface area contributed by atoms with Gasteiger partial charge in [-0.2, -0.15) is 0 Å². The molecule has 0 heterocycles. The molecule has 2 aliphatic rings. The van der Waals surface area contributed by atoms with Crippen LogP contribution >= 0.6 is 7.92 Å². The summed E-state index contributed by atoms with van der Waals surface area (Å²) in [6.07, 6.45) is 18.8. The maximum absolute atomic E-state index is 4.32. The Morgan fingerprint density at radius 2 is 1.18 bits per heavy atom. The van der Waals surface area contributed by atoms with Crippen LogP contribution in [0.2, 0.25) is 0 Å². The minimum atomic E-state index is -0.101. The first-order valence-electron chi connectivity index (χ1n) is 9.51. The van der Waals surface area contributed by atoms with Crippen LogP contribution in [0.5, 0.6) is 0 Å². The molecular formula is C25H32FeNP+2. The molecule has 0 aliphatic heterocycles. The fourth-order valence-electron chi connectivity index (χ4n) is 3.43. The maximum Gasteiger partial charge on any atom is 2.00 e. The number of benzene rings is 1. The van der Waals surface area contributed by atoms with Crippen LogP contribution in [0.4, 0.5) is 5.69 Å². The molecule has 0 N–H and O–H groups in total. The summed E-state index contributed by atoms with van der Waals surface area (Å²) in [6, 6.07) is 9.93. The monoisotopic (exact) mass is 433 g/mol. The molecule has 3 heteroatoms. The summed E-state index contributed by atoms with van der Waals surface area (Å²) in [5, 5.41) is 0.782. The molecule has 148 valence electrons. The van der Waals surface area contributed by atoms with Crippen molar-refractivity contribution >= 4 is 19.8 Å². The summed E-state index contributed by atoms with van der Waals surface area (Å²) in [5.74, 6) is 1.14. The first kappa shape index (κ1) is 25.9. The van der Waals surface area contributed by atoms with Crippen molar-refractivity contribution in [2.45, 2.75) is 51.9 Å². The second-order valence-electron chi connectivity index (χ2n) is 8.63. The van der Waals surface area contributed by atoms with Gasteiger partial charge in [0.25, 0.3) is 0 Å². The van der Waals surface area contributed by atoms with Crippen LogP contribution in [-0.2, 0) is 17.1 Å². The van der Waals surface area contributed by atoms with Gasteiger partial charge in [-0.25, -0.2) is 0 Å². The third kappa shape index (κ3) is 8.69. The third-order valence-corrected chi connectivity index (χ3v) is 7.55. The second kappa shape index (κ2) is 11.9. The number of hydrogen-bond donors (Lipinski definition) is 0. The average Bonchev–Trinajstić information content (AvgIpc) is 3.25. The molecule has 1 aromatic carbocycles. The Hall–Kier alpha value is -0.161. The summed E-state index contributed by atoms with van der Waals surface area (Å²) in [6.45, 7) is 14.1. The zero-order valence-electron chi connectivity index (χ0n) is 17.8.